The molecule has 2 N–H and O–H groups in total. The van der Waals surface area contributed by atoms with Crippen LogP contribution in [0.25, 0.3) is 0 Å². The lowest BCUT2D eigenvalue weighted by Gasteiger charge is -2.18. The molecule has 0 saturated heterocycles. The molecule has 6 nitrogen and oxygen atoms in total. The molecule has 0 aliphatic rings. The highest BCUT2D eigenvalue weighted by Gasteiger charge is 2.11. The maximum Gasteiger partial charge on any atom is 0.387 e. The van der Waals surface area contributed by atoms with Gasteiger partial charge in [0.15, 0.2) is 5.96 Å². The van der Waals surface area contributed by atoms with Gasteiger partial charge >= 0.3 is 6.61 Å². The molecule has 0 radical (unpaired) electrons. The van der Waals surface area contributed by atoms with E-state index >= 15 is 0 Å². The van der Waals surface area contributed by atoms with Crippen molar-refractivity contribution < 1.29 is 18.3 Å². The zero-order chi connectivity index (χ0) is 20.1. The number of halogens is 2. The van der Waals surface area contributed by atoms with Crippen molar-refractivity contribution in [3.05, 3.63) is 23.8 Å². The molecule has 0 atom stereocenters. The zero-order valence-electron chi connectivity index (χ0n) is 16.7. The summed E-state index contributed by atoms with van der Waals surface area (Å²) < 4.78 is 35.0. The molecular weight excluding hydrogens is 354 g/mol. The van der Waals surface area contributed by atoms with E-state index in [2.05, 4.69) is 39.1 Å². The Morgan fingerprint density at radius 2 is 1.93 bits per heavy atom. The van der Waals surface area contributed by atoms with E-state index in [0.717, 1.165) is 32.6 Å². The lowest BCUT2D eigenvalue weighted by atomic mass is 10.2. The third-order valence-electron chi connectivity index (χ3n) is 4.07. The molecule has 0 heterocycles. The molecule has 1 rings (SSSR count). The van der Waals surface area contributed by atoms with Crippen LogP contribution in [0.3, 0.4) is 0 Å². The summed E-state index contributed by atoms with van der Waals surface area (Å²) in [6.07, 6.45) is 0.991. The Morgan fingerprint density at radius 1 is 1.19 bits per heavy atom. The third kappa shape index (κ3) is 8.90. The van der Waals surface area contributed by atoms with E-state index in [0.29, 0.717) is 23.8 Å². The highest BCUT2D eigenvalue weighted by Crippen LogP contribution is 2.26. The third-order valence-corrected chi connectivity index (χ3v) is 4.07. The Kier molecular flexibility index (Phi) is 11.2. The Balaban J connectivity index is 2.73. The second-order valence-electron chi connectivity index (χ2n) is 5.85. The number of methoxy groups -OCH3 is 1. The van der Waals surface area contributed by atoms with Crippen molar-refractivity contribution in [3.63, 3.8) is 0 Å². The van der Waals surface area contributed by atoms with Crippen LogP contribution in [0.15, 0.2) is 23.2 Å². The second kappa shape index (κ2) is 13.1. The fourth-order valence-corrected chi connectivity index (χ4v) is 2.57. The van der Waals surface area contributed by atoms with Crippen molar-refractivity contribution in [1.29, 1.82) is 0 Å². The molecule has 0 amide bonds. The summed E-state index contributed by atoms with van der Waals surface area (Å²) in [6, 6.07) is 4.72. The first-order chi connectivity index (χ1) is 13.0. The normalized spacial score (nSPS) is 11.8. The number of rotatable bonds is 12. The van der Waals surface area contributed by atoms with Crippen LogP contribution in [0, 0.1) is 0 Å². The first-order valence-corrected chi connectivity index (χ1v) is 9.40. The van der Waals surface area contributed by atoms with E-state index in [-0.39, 0.29) is 12.3 Å². The summed E-state index contributed by atoms with van der Waals surface area (Å²) in [6.45, 7) is 8.16. The van der Waals surface area contributed by atoms with Crippen LogP contribution < -0.4 is 20.1 Å². The van der Waals surface area contributed by atoms with Crippen LogP contribution in [0.1, 0.15) is 32.8 Å². The first kappa shape index (κ1) is 23.0. The molecule has 154 valence electrons. The van der Waals surface area contributed by atoms with Crippen LogP contribution >= 0.6 is 0 Å². The molecule has 0 aliphatic carbocycles. The number of benzene rings is 1. The smallest absolute Gasteiger partial charge is 0.387 e. The van der Waals surface area contributed by atoms with Crippen LogP contribution in [0.5, 0.6) is 11.5 Å². The molecule has 0 spiro atoms. The minimum Gasteiger partial charge on any atom is -0.497 e. The fraction of sp³-hybridized carbons (Fsp3) is 0.632. The van der Waals surface area contributed by atoms with E-state index in [1.54, 1.807) is 12.1 Å². The summed E-state index contributed by atoms with van der Waals surface area (Å²) in [7, 11) is 1.53. The molecule has 0 aromatic heterocycles. The number of guanidine groups is 1. The molecule has 1 aromatic rings. The summed E-state index contributed by atoms with van der Waals surface area (Å²) in [4.78, 5) is 6.84. The van der Waals surface area contributed by atoms with Gasteiger partial charge in [0.25, 0.3) is 0 Å². The van der Waals surface area contributed by atoms with Gasteiger partial charge in [-0.15, -0.1) is 0 Å². The van der Waals surface area contributed by atoms with Crippen molar-refractivity contribution in [3.8, 4) is 11.5 Å². The van der Waals surface area contributed by atoms with Crippen LogP contribution in [-0.2, 0) is 6.54 Å². The Morgan fingerprint density at radius 3 is 2.52 bits per heavy atom. The number of alkyl halides is 2. The molecule has 0 bridgehead atoms. The lowest BCUT2D eigenvalue weighted by molar-refractivity contribution is -0.0504. The quantitative estimate of drug-likeness (QED) is 0.328. The minimum absolute atomic E-state index is 0.104. The highest BCUT2D eigenvalue weighted by molar-refractivity contribution is 5.79. The van der Waals surface area contributed by atoms with E-state index < -0.39 is 6.61 Å². The Hall–Kier alpha value is -2.09. The molecular formula is C19H32F2N4O2. The van der Waals surface area contributed by atoms with Crippen molar-refractivity contribution in [2.75, 3.05) is 39.8 Å². The van der Waals surface area contributed by atoms with Gasteiger partial charge < -0.3 is 25.0 Å². The summed E-state index contributed by atoms with van der Waals surface area (Å²) in [5.74, 6) is 1.31. The van der Waals surface area contributed by atoms with Gasteiger partial charge in [-0.3, -0.25) is 0 Å². The van der Waals surface area contributed by atoms with Crippen molar-refractivity contribution in [1.82, 2.24) is 15.5 Å². The largest absolute Gasteiger partial charge is 0.497 e. The van der Waals surface area contributed by atoms with Gasteiger partial charge in [0.2, 0.25) is 0 Å². The molecule has 1 aromatic carbocycles. The van der Waals surface area contributed by atoms with Gasteiger partial charge in [0, 0.05) is 18.7 Å². The summed E-state index contributed by atoms with van der Waals surface area (Å²) in [5.41, 5.74) is 0.537. The highest BCUT2D eigenvalue weighted by atomic mass is 19.3. The zero-order valence-corrected chi connectivity index (χ0v) is 16.7. The van der Waals surface area contributed by atoms with Gasteiger partial charge in [-0.25, -0.2) is 4.99 Å². The maximum absolute atomic E-state index is 12.6. The first-order valence-electron chi connectivity index (χ1n) is 9.40. The van der Waals surface area contributed by atoms with Crippen LogP contribution in [0.2, 0.25) is 0 Å². The molecule has 0 saturated carbocycles. The van der Waals surface area contributed by atoms with Gasteiger partial charge in [0.05, 0.1) is 13.7 Å². The predicted octanol–water partition coefficient (Wildman–Crippen LogP) is 3.08. The van der Waals surface area contributed by atoms with Gasteiger partial charge in [-0.05, 0) is 51.2 Å². The number of ether oxygens (including phenoxy) is 2. The van der Waals surface area contributed by atoms with E-state index in [9.17, 15) is 8.78 Å². The van der Waals surface area contributed by atoms with Crippen LogP contribution in [0.4, 0.5) is 8.78 Å². The monoisotopic (exact) mass is 386 g/mol. The molecule has 8 heteroatoms. The Labute approximate surface area is 160 Å². The number of aliphatic imine (C=N–C) groups is 1. The van der Waals surface area contributed by atoms with E-state index in [4.69, 9.17) is 4.74 Å². The van der Waals surface area contributed by atoms with E-state index in [1.807, 2.05) is 6.92 Å². The van der Waals surface area contributed by atoms with Crippen molar-refractivity contribution in [2.24, 2.45) is 4.99 Å². The van der Waals surface area contributed by atoms with Crippen molar-refractivity contribution >= 4 is 5.96 Å². The fourth-order valence-electron chi connectivity index (χ4n) is 2.57. The van der Waals surface area contributed by atoms with Gasteiger partial charge in [-0.1, -0.05) is 13.8 Å². The van der Waals surface area contributed by atoms with Crippen molar-refractivity contribution in [2.45, 2.75) is 40.3 Å². The maximum atomic E-state index is 12.6. The van der Waals surface area contributed by atoms with Crippen LogP contribution in [-0.4, -0.2) is 57.3 Å². The predicted molar refractivity (Wildman–Crippen MR) is 105 cm³/mol. The Bertz CT molecular complexity index is 567. The number of nitrogens with zero attached hydrogens (tertiary/aromatic N) is 2. The number of hydrogen-bond donors (Lipinski definition) is 2. The average Bonchev–Trinajstić information content (AvgIpc) is 2.66. The molecule has 27 heavy (non-hydrogen) atoms. The van der Waals surface area contributed by atoms with E-state index in [1.165, 1.54) is 13.2 Å². The topological polar surface area (TPSA) is 58.1 Å². The van der Waals surface area contributed by atoms with Gasteiger partial charge in [-0.2, -0.15) is 8.78 Å². The number of hydrogen-bond acceptors (Lipinski definition) is 4. The summed E-state index contributed by atoms with van der Waals surface area (Å²) in [5, 5.41) is 6.44. The average molecular weight is 386 g/mol. The lowest BCUT2D eigenvalue weighted by Crippen LogP contribution is -2.38. The summed E-state index contributed by atoms with van der Waals surface area (Å²) >= 11 is 0. The second-order valence-corrected chi connectivity index (χ2v) is 5.85. The molecule has 0 fully saturated rings. The molecule has 0 unspecified atom stereocenters. The minimum atomic E-state index is -2.88. The SMILES string of the molecule is CCNC(=NCc1cc(OC)ccc1OC(F)F)NCCCN(CC)CC. The molecule has 0 aliphatic heterocycles. The number of nitrogens with one attached hydrogen (secondary N) is 2. The standard InChI is InChI=1S/C19H32F2N4O2/c1-5-22-19(23-11-8-12-25(6-2)7-3)24-14-15-13-16(26-4)9-10-17(15)27-18(20)21/h9-10,13,18H,5-8,11-12,14H2,1-4H3,(H2,22,23,24). The van der Waals surface area contributed by atoms with Gasteiger partial charge in [0.1, 0.15) is 11.5 Å².